The molecular formula is C30H63MgNaO5S. The van der Waals surface area contributed by atoms with Crippen molar-refractivity contribution in [1.29, 1.82) is 0 Å². The van der Waals surface area contributed by atoms with Crippen LogP contribution >= 0.6 is 0 Å². The predicted molar refractivity (Wildman–Crippen MR) is 168 cm³/mol. The molecule has 0 aromatic heterocycles. The Morgan fingerprint density at radius 1 is 0.500 bits per heavy atom. The second-order valence-corrected chi connectivity index (χ2v) is 11.8. The molecule has 0 aromatic rings. The van der Waals surface area contributed by atoms with E-state index >= 15 is 0 Å². The molecule has 0 aromatic carbocycles. The molecule has 0 aliphatic rings. The first-order valence-electron chi connectivity index (χ1n) is 15.6. The van der Waals surface area contributed by atoms with Crippen LogP contribution in [0.4, 0.5) is 0 Å². The molecular weight excluding hydrogens is 520 g/mol. The van der Waals surface area contributed by atoms with Crippen molar-refractivity contribution in [3.63, 3.8) is 0 Å². The van der Waals surface area contributed by atoms with Gasteiger partial charge in [-0.15, -0.1) is 0 Å². The van der Waals surface area contributed by atoms with Gasteiger partial charge in [0.25, 0.3) is 0 Å². The minimum atomic E-state index is -4.21. The Bertz CT molecular complexity index is 575. The third-order valence-corrected chi connectivity index (χ3v) is 7.75. The molecule has 0 radical (unpaired) electrons. The number of unbranched alkanes of at least 4 members (excludes halogenated alkanes) is 23. The van der Waals surface area contributed by atoms with Gasteiger partial charge in [0.05, 0.1) is 6.61 Å². The van der Waals surface area contributed by atoms with E-state index in [-0.39, 0.29) is 65.6 Å². The number of carbonyl (C=O) groups is 1. The van der Waals surface area contributed by atoms with Crippen LogP contribution in [0.25, 0.3) is 0 Å². The van der Waals surface area contributed by atoms with Gasteiger partial charge in [-0.05, 0) is 12.8 Å². The predicted octanol–water partition coefficient (Wildman–Crippen LogP) is 8.41. The monoisotopic (exact) mass is 582 g/mol. The van der Waals surface area contributed by atoms with Crippen molar-refractivity contribution in [2.45, 2.75) is 181 Å². The van der Waals surface area contributed by atoms with Gasteiger partial charge in [0.1, 0.15) is 0 Å². The molecule has 38 heavy (non-hydrogen) atoms. The summed E-state index contributed by atoms with van der Waals surface area (Å²) in [5.74, 6) is -0.701. The molecule has 0 amide bonds. The Hall–Kier alpha value is 1.15. The average Bonchev–Trinajstić information content (AvgIpc) is 2.84. The average molecular weight is 583 g/mol. The van der Waals surface area contributed by atoms with Crippen LogP contribution in [0.3, 0.4) is 0 Å². The normalized spacial score (nSPS) is 11.1. The topological polar surface area (TPSA) is 69.7 Å². The van der Waals surface area contributed by atoms with Gasteiger partial charge >= 0.3 is 69.0 Å². The van der Waals surface area contributed by atoms with Crippen LogP contribution in [0, 0.1) is 0 Å². The molecule has 0 N–H and O–H groups in total. The fourth-order valence-corrected chi connectivity index (χ4v) is 5.25. The van der Waals surface area contributed by atoms with Crippen molar-refractivity contribution in [3.8, 4) is 0 Å². The summed E-state index contributed by atoms with van der Waals surface area (Å²) in [5.41, 5.74) is 0. The van der Waals surface area contributed by atoms with E-state index in [1.807, 2.05) is 0 Å². The first-order chi connectivity index (χ1) is 17.5. The Kier molecular flexibility index (Phi) is 39.4. The summed E-state index contributed by atoms with van der Waals surface area (Å²) in [4.78, 5) is 11.8. The molecule has 222 valence electrons. The second-order valence-electron chi connectivity index (χ2n) is 10.6. The van der Waals surface area contributed by atoms with E-state index in [0.29, 0.717) is 12.8 Å². The molecule has 0 heterocycles. The van der Waals surface area contributed by atoms with Gasteiger partial charge in [-0.3, -0.25) is 4.79 Å². The van der Waals surface area contributed by atoms with Crippen LogP contribution < -0.4 is 0 Å². The molecule has 0 unspecified atom stereocenters. The van der Waals surface area contributed by atoms with Gasteiger partial charge < -0.3 is 4.18 Å². The van der Waals surface area contributed by atoms with Gasteiger partial charge in [-0.25, -0.2) is 4.18 Å². The molecule has 0 aliphatic carbocycles. The SMILES string of the molecule is CCCCCCCCCCCCCCCCCC(=O)OS(=O)(=O)OCCCCCCCCCCCC.[MgH2].[NaH]. The zero-order valence-electron chi connectivity index (χ0n) is 24.0. The van der Waals surface area contributed by atoms with E-state index < -0.39 is 16.4 Å². The van der Waals surface area contributed by atoms with Gasteiger partial charge in [0, 0.05) is 6.42 Å². The van der Waals surface area contributed by atoms with Gasteiger partial charge in [0.2, 0.25) is 0 Å². The molecule has 0 aliphatic heterocycles. The summed E-state index contributed by atoms with van der Waals surface area (Å²) >= 11 is 0. The summed E-state index contributed by atoms with van der Waals surface area (Å²) in [6, 6.07) is 0. The zero-order chi connectivity index (χ0) is 26.6. The molecule has 5 nitrogen and oxygen atoms in total. The van der Waals surface area contributed by atoms with Crippen molar-refractivity contribution < 1.29 is 21.6 Å². The summed E-state index contributed by atoms with van der Waals surface area (Å²) in [5, 5.41) is 0. The zero-order valence-corrected chi connectivity index (χ0v) is 24.9. The maximum absolute atomic E-state index is 11.8. The third kappa shape index (κ3) is 35.2. The van der Waals surface area contributed by atoms with E-state index in [0.717, 1.165) is 25.7 Å². The Morgan fingerprint density at radius 2 is 0.789 bits per heavy atom. The standard InChI is InChI=1S/C30H60O5S.Mg.Na.3H/c1-3-5-7-9-11-13-15-16-17-18-19-20-22-24-26-28-30(31)35-36(32,33)34-29-27-25-23-21-14-12-10-8-6-4-2;;;;;/h3-29H2,1-2H3;;;;;. The van der Waals surface area contributed by atoms with Crippen LogP contribution in [-0.2, 0) is 23.6 Å². The molecule has 0 atom stereocenters. The van der Waals surface area contributed by atoms with Crippen LogP contribution in [0.5, 0.6) is 0 Å². The van der Waals surface area contributed by atoms with Gasteiger partial charge in [-0.2, -0.15) is 8.42 Å². The van der Waals surface area contributed by atoms with E-state index in [2.05, 4.69) is 18.0 Å². The molecule has 0 fully saturated rings. The van der Waals surface area contributed by atoms with E-state index in [1.165, 1.54) is 122 Å². The fraction of sp³-hybridized carbons (Fsp3) is 0.967. The second kappa shape index (κ2) is 34.3. The Morgan fingerprint density at radius 3 is 1.13 bits per heavy atom. The van der Waals surface area contributed by atoms with Gasteiger partial charge in [-0.1, -0.05) is 162 Å². The van der Waals surface area contributed by atoms with Gasteiger partial charge in [0.15, 0.2) is 0 Å². The molecule has 0 bridgehead atoms. The van der Waals surface area contributed by atoms with E-state index in [4.69, 9.17) is 4.18 Å². The Labute approximate surface area is 275 Å². The number of carbonyl (C=O) groups excluding carboxylic acids is 1. The van der Waals surface area contributed by atoms with E-state index in [9.17, 15) is 13.2 Å². The van der Waals surface area contributed by atoms with Crippen molar-refractivity contribution in [1.82, 2.24) is 0 Å². The molecule has 0 spiro atoms. The van der Waals surface area contributed by atoms with Crippen LogP contribution in [0.15, 0.2) is 0 Å². The summed E-state index contributed by atoms with van der Waals surface area (Å²) in [6.45, 7) is 4.58. The molecule has 8 heteroatoms. The third-order valence-electron chi connectivity index (χ3n) is 6.91. The summed E-state index contributed by atoms with van der Waals surface area (Å²) in [7, 11) is -4.21. The fourth-order valence-electron chi connectivity index (χ4n) is 4.57. The maximum atomic E-state index is 11.8. The Balaban J connectivity index is -0.00000612. The number of hydrogen-bond donors (Lipinski definition) is 0. The molecule has 0 saturated carbocycles. The van der Waals surface area contributed by atoms with Crippen molar-refractivity contribution in [3.05, 3.63) is 0 Å². The van der Waals surface area contributed by atoms with Crippen molar-refractivity contribution in [2.24, 2.45) is 0 Å². The molecule has 0 rings (SSSR count). The minimum absolute atomic E-state index is 0. The van der Waals surface area contributed by atoms with Crippen LogP contribution in [0.1, 0.15) is 181 Å². The quantitative estimate of drug-likeness (QED) is 0.0654. The number of hydrogen-bond acceptors (Lipinski definition) is 5. The first kappa shape index (κ1) is 43.6. The van der Waals surface area contributed by atoms with E-state index in [1.54, 1.807) is 0 Å². The van der Waals surface area contributed by atoms with Crippen molar-refractivity contribution in [2.75, 3.05) is 6.61 Å². The molecule has 0 saturated heterocycles. The number of rotatable bonds is 29. The first-order valence-corrected chi connectivity index (χ1v) is 17.0. The summed E-state index contributed by atoms with van der Waals surface area (Å²) in [6.07, 6.45) is 30.6. The van der Waals surface area contributed by atoms with Crippen molar-refractivity contribution >= 4 is 69.0 Å². The summed E-state index contributed by atoms with van der Waals surface area (Å²) < 4.78 is 33.0. The van der Waals surface area contributed by atoms with Crippen LogP contribution in [-0.4, -0.2) is 73.6 Å². The van der Waals surface area contributed by atoms with Crippen LogP contribution in [0.2, 0.25) is 0 Å².